The first kappa shape index (κ1) is 18.7. The molecule has 132 valence electrons. The Morgan fingerprint density at radius 3 is 2.44 bits per heavy atom. The molecule has 2 rings (SSSR count). The second-order valence-corrected chi connectivity index (χ2v) is 5.78. The van der Waals surface area contributed by atoms with Crippen molar-refractivity contribution in [3.05, 3.63) is 52.3 Å². The van der Waals surface area contributed by atoms with Crippen molar-refractivity contribution in [2.24, 2.45) is 7.05 Å². The van der Waals surface area contributed by atoms with E-state index in [0.29, 0.717) is 27.7 Å². The topological polar surface area (TPSA) is 70.4 Å². The second kappa shape index (κ2) is 7.98. The van der Waals surface area contributed by atoms with Crippen LogP contribution in [0.4, 0.5) is 0 Å². The number of benzene rings is 1. The summed E-state index contributed by atoms with van der Waals surface area (Å²) in [4.78, 5) is 24.2. The number of rotatable bonds is 6. The maximum atomic E-state index is 12.3. The van der Waals surface area contributed by atoms with E-state index in [2.05, 4.69) is 5.10 Å². The zero-order chi connectivity index (χ0) is 18.6. The van der Waals surface area contributed by atoms with Gasteiger partial charge >= 0.3 is 5.97 Å². The Labute approximate surface area is 151 Å². The summed E-state index contributed by atoms with van der Waals surface area (Å²) in [6, 6.07) is 6.60. The van der Waals surface area contributed by atoms with E-state index < -0.39 is 12.1 Å². The smallest absolute Gasteiger partial charge is 0.331 e. The molecule has 0 aliphatic rings. The summed E-state index contributed by atoms with van der Waals surface area (Å²) in [6.07, 6.45) is 1.85. The number of esters is 1. The third kappa shape index (κ3) is 4.48. The van der Waals surface area contributed by atoms with Crippen LogP contribution in [-0.2, 0) is 16.6 Å². The molecule has 1 heterocycles. The largest absolute Gasteiger partial charge is 0.497 e. The summed E-state index contributed by atoms with van der Waals surface area (Å²) in [5.41, 5.74) is 1.77. The van der Waals surface area contributed by atoms with Crippen molar-refractivity contribution in [1.29, 1.82) is 0 Å². The number of hydrogen-bond donors (Lipinski definition) is 0. The lowest BCUT2D eigenvalue weighted by Crippen LogP contribution is -2.23. The fourth-order valence-corrected chi connectivity index (χ4v) is 2.48. The number of hydrogen-bond acceptors (Lipinski definition) is 5. The van der Waals surface area contributed by atoms with E-state index in [1.165, 1.54) is 23.8 Å². The molecule has 0 bridgehead atoms. The highest BCUT2D eigenvalue weighted by molar-refractivity contribution is 6.31. The molecule has 0 saturated carbocycles. The minimum absolute atomic E-state index is 0.292. The molecule has 25 heavy (non-hydrogen) atoms. The number of aromatic nitrogens is 2. The van der Waals surface area contributed by atoms with Crippen LogP contribution in [0.2, 0.25) is 5.15 Å². The first-order chi connectivity index (χ1) is 11.8. The van der Waals surface area contributed by atoms with Crippen LogP contribution in [-0.4, -0.2) is 34.7 Å². The highest BCUT2D eigenvalue weighted by Gasteiger charge is 2.18. The Morgan fingerprint density at radius 2 is 1.92 bits per heavy atom. The molecule has 1 aromatic carbocycles. The maximum absolute atomic E-state index is 12.3. The lowest BCUT2D eigenvalue weighted by atomic mass is 10.1. The SMILES string of the molecule is COc1ccc(C(=O)C(C)OC(=O)/C=C/c2c(C)nn(C)c2Cl)cc1. The van der Waals surface area contributed by atoms with E-state index >= 15 is 0 Å². The van der Waals surface area contributed by atoms with Crippen LogP contribution in [0.25, 0.3) is 6.08 Å². The molecule has 0 aliphatic carbocycles. The summed E-state index contributed by atoms with van der Waals surface area (Å²) in [7, 11) is 3.25. The number of carbonyl (C=O) groups is 2. The van der Waals surface area contributed by atoms with Gasteiger partial charge in [-0.25, -0.2) is 4.79 Å². The predicted molar refractivity (Wildman–Crippen MR) is 94.9 cm³/mol. The molecular weight excluding hydrogens is 344 g/mol. The van der Waals surface area contributed by atoms with Gasteiger partial charge in [0.1, 0.15) is 10.9 Å². The summed E-state index contributed by atoms with van der Waals surface area (Å²) in [6.45, 7) is 3.31. The standard InChI is InChI=1S/C18H19ClN2O4/c1-11-15(18(19)21(3)20-11)9-10-16(22)25-12(2)17(23)13-5-7-14(24-4)8-6-13/h5-10,12H,1-4H3/b10-9+. The Bertz CT molecular complexity index is 809. The first-order valence-electron chi connectivity index (χ1n) is 7.59. The molecule has 0 saturated heterocycles. The van der Waals surface area contributed by atoms with Crippen LogP contribution < -0.4 is 4.74 Å². The Kier molecular flexibility index (Phi) is 5.98. The van der Waals surface area contributed by atoms with Gasteiger partial charge in [-0.1, -0.05) is 11.6 Å². The maximum Gasteiger partial charge on any atom is 0.331 e. The van der Waals surface area contributed by atoms with E-state index in [1.54, 1.807) is 45.3 Å². The molecule has 0 N–H and O–H groups in total. The van der Waals surface area contributed by atoms with Gasteiger partial charge in [0, 0.05) is 24.3 Å². The highest BCUT2D eigenvalue weighted by atomic mass is 35.5. The summed E-state index contributed by atoms with van der Waals surface area (Å²) in [5, 5.41) is 4.57. The number of methoxy groups -OCH3 is 1. The van der Waals surface area contributed by atoms with Gasteiger partial charge in [-0.3, -0.25) is 9.48 Å². The van der Waals surface area contributed by atoms with Gasteiger partial charge in [-0.05, 0) is 44.2 Å². The monoisotopic (exact) mass is 362 g/mol. The zero-order valence-corrected chi connectivity index (χ0v) is 15.2. The van der Waals surface area contributed by atoms with Crippen LogP contribution >= 0.6 is 11.6 Å². The Balaban J connectivity index is 2.01. The van der Waals surface area contributed by atoms with Crippen LogP contribution in [0.5, 0.6) is 5.75 Å². The van der Waals surface area contributed by atoms with E-state index in [1.807, 2.05) is 0 Å². The first-order valence-corrected chi connectivity index (χ1v) is 7.97. The van der Waals surface area contributed by atoms with Crippen molar-refractivity contribution in [1.82, 2.24) is 9.78 Å². The molecule has 0 amide bonds. The molecule has 6 nitrogen and oxygen atoms in total. The van der Waals surface area contributed by atoms with Crippen LogP contribution in [0.3, 0.4) is 0 Å². The number of carbonyl (C=O) groups excluding carboxylic acids is 2. The van der Waals surface area contributed by atoms with Crippen LogP contribution in [0, 0.1) is 6.92 Å². The minimum atomic E-state index is -0.906. The number of ether oxygens (including phenoxy) is 2. The molecule has 0 fully saturated rings. The average molecular weight is 363 g/mol. The summed E-state index contributed by atoms with van der Waals surface area (Å²) in [5.74, 6) is -0.276. The van der Waals surface area contributed by atoms with Gasteiger partial charge in [0.2, 0.25) is 5.78 Å². The van der Waals surface area contributed by atoms with Gasteiger partial charge in [0.25, 0.3) is 0 Å². The van der Waals surface area contributed by atoms with Crippen molar-refractivity contribution < 1.29 is 19.1 Å². The lowest BCUT2D eigenvalue weighted by Gasteiger charge is -2.11. The summed E-state index contributed by atoms with van der Waals surface area (Å²) >= 11 is 6.09. The van der Waals surface area contributed by atoms with E-state index in [-0.39, 0.29) is 5.78 Å². The quantitative estimate of drug-likeness (QED) is 0.448. The molecule has 0 spiro atoms. The number of ketones is 1. The molecule has 1 atom stereocenters. The molecule has 2 aromatic rings. The van der Waals surface area contributed by atoms with Crippen LogP contribution in [0.1, 0.15) is 28.5 Å². The average Bonchev–Trinajstić information content (AvgIpc) is 2.84. The van der Waals surface area contributed by atoms with Crippen molar-refractivity contribution in [2.75, 3.05) is 7.11 Å². The molecule has 0 aliphatic heterocycles. The Hall–Kier alpha value is -2.60. The third-order valence-electron chi connectivity index (χ3n) is 3.62. The van der Waals surface area contributed by atoms with E-state index in [0.717, 1.165) is 0 Å². The summed E-state index contributed by atoms with van der Waals surface area (Å²) < 4.78 is 11.7. The van der Waals surface area contributed by atoms with Crippen molar-refractivity contribution in [2.45, 2.75) is 20.0 Å². The van der Waals surface area contributed by atoms with Crippen molar-refractivity contribution in [3.8, 4) is 5.75 Å². The van der Waals surface area contributed by atoms with Crippen molar-refractivity contribution in [3.63, 3.8) is 0 Å². The zero-order valence-electron chi connectivity index (χ0n) is 14.4. The number of aryl methyl sites for hydroxylation is 2. The van der Waals surface area contributed by atoms with Gasteiger partial charge in [0.15, 0.2) is 6.10 Å². The minimum Gasteiger partial charge on any atom is -0.497 e. The lowest BCUT2D eigenvalue weighted by molar-refractivity contribution is -0.140. The van der Waals surface area contributed by atoms with Gasteiger partial charge < -0.3 is 9.47 Å². The van der Waals surface area contributed by atoms with Gasteiger partial charge in [-0.15, -0.1) is 0 Å². The van der Waals surface area contributed by atoms with Gasteiger partial charge in [-0.2, -0.15) is 5.10 Å². The molecule has 0 radical (unpaired) electrons. The van der Waals surface area contributed by atoms with Crippen LogP contribution in [0.15, 0.2) is 30.3 Å². The normalized spacial score (nSPS) is 12.2. The fourth-order valence-electron chi connectivity index (χ4n) is 2.24. The number of Topliss-reactive ketones (excluding diaryl/α,β-unsaturated/α-hetero) is 1. The molecule has 1 unspecified atom stereocenters. The predicted octanol–water partition coefficient (Wildman–Crippen LogP) is 3.22. The molecule has 1 aromatic heterocycles. The van der Waals surface area contributed by atoms with E-state index in [4.69, 9.17) is 21.1 Å². The highest BCUT2D eigenvalue weighted by Crippen LogP contribution is 2.20. The number of nitrogens with zero attached hydrogens (tertiary/aromatic N) is 2. The van der Waals surface area contributed by atoms with Crippen molar-refractivity contribution >= 4 is 29.4 Å². The molecule has 7 heteroatoms. The van der Waals surface area contributed by atoms with Gasteiger partial charge in [0.05, 0.1) is 12.8 Å². The Morgan fingerprint density at radius 1 is 1.28 bits per heavy atom. The third-order valence-corrected chi connectivity index (χ3v) is 4.07. The van der Waals surface area contributed by atoms with E-state index in [9.17, 15) is 9.59 Å². The second-order valence-electron chi connectivity index (χ2n) is 5.42. The molecular formula is C18H19ClN2O4. The fraction of sp³-hybridized carbons (Fsp3) is 0.278. The number of halogens is 1.